The minimum Gasteiger partial charge on any atom is -0.352 e. The Balaban J connectivity index is 2.38. The van der Waals surface area contributed by atoms with Crippen molar-refractivity contribution in [3.8, 4) is 0 Å². The van der Waals surface area contributed by atoms with Gasteiger partial charge in [-0.3, -0.25) is 4.79 Å². The minimum atomic E-state index is -0.0192. The Morgan fingerprint density at radius 2 is 2.16 bits per heavy atom. The molecule has 1 aromatic heterocycles. The number of carbonyl (C=O) groups excluding carboxylic acids is 1. The third-order valence-electron chi connectivity index (χ3n) is 2.71. The largest absolute Gasteiger partial charge is 0.352 e. The van der Waals surface area contributed by atoms with Gasteiger partial charge in [-0.15, -0.1) is 5.10 Å². The van der Waals surface area contributed by atoms with Crippen LogP contribution in [0.15, 0.2) is 6.20 Å². The van der Waals surface area contributed by atoms with Gasteiger partial charge in [0.1, 0.15) is 6.54 Å². The molecule has 0 spiro atoms. The average molecular weight is 267 g/mol. The van der Waals surface area contributed by atoms with E-state index in [4.69, 9.17) is 0 Å². The van der Waals surface area contributed by atoms with Crippen LogP contribution in [-0.2, 0) is 17.9 Å². The molecule has 0 aliphatic carbocycles. The summed E-state index contributed by atoms with van der Waals surface area (Å²) in [6.45, 7) is 9.17. The van der Waals surface area contributed by atoms with Crippen molar-refractivity contribution in [2.24, 2.45) is 0 Å². The predicted octanol–water partition coefficient (Wildman–Crippen LogP) is 1.08. The Morgan fingerprint density at radius 1 is 1.42 bits per heavy atom. The van der Waals surface area contributed by atoms with E-state index < -0.39 is 0 Å². The fraction of sp³-hybridized carbons (Fsp3) is 0.769. The molecule has 0 aromatic carbocycles. The van der Waals surface area contributed by atoms with Gasteiger partial charge in [-0.25, -0.2) is 4.68 Å². The SMILES string of the molecule is CCCC(C)NC(=O)Cn1cc(CNC(C)C)nn1. The first-order valence-electron chi connectivity index (χ1n) is 6.93. The van der Waals surface area contributed by atoms with Crippen LogP contribution >= 0.6 is 0 Å². The van der Waals surface area contributed by atoms with Gasteiger partial charge < -0.3 is 10.6 Å². The summed E-state index contributed by atoms with van der Waals surface area (Å²) in [5.41, 5.74) is 0.850. The van der Waals surface area contributed by atoms with E-state index in [2.05, 4.69) is 41.7 Å². The van der Waals surface area contributed by atoms with Crippen LogP contribution in [0.25, 0.3) is 0 Å². The van der Waals surface area contributed by atoms with Crippen molar-refractivity contribution in [2.75, 3.05) is 0 Å². The second kappa shape index (κ2) is 7.89. The van der Waals surface area contributed by atoms with Crippen LogP contribution in [0.4, 0.5) is 0 Å². The zero-order valence-electron chi connectivity index (χ0n) is 12.3. The number of carbonyl (C=O) groups is 1. The normalized spacial score (nSPS) is 12.7. The fourth-order valence-corrected chi connectivity index (χ4v) is 1.78. The second-order valence-electron chi connectivity index (χ2n) is 5.20. The first kappa shape index (κ1) is 15.6. The van der Waals surface area contributed by atoms with Crippen LogP contribution in [0.5, 0.6) is 0 Å². The van der Waals surface area contributed by atoms with Crippen molar-refractivity contribution in [2.45, 2.75) is 65.7 Å². The summed E-state index contributed by atoms with van der Waals surface area (Å²) in [5.74, 6) is -0.0192. The summed E-state index contributed by atoms with van der Waals surface area (Å²) in [6, 6.07) is 0.617. The molecule has 1 unspecified atom stereocenters. The van der Waals surface area contributed by atoms with Gasteiger partial charge in [0.05, 0.1) is 11.9 Å². The van der Waals surface area contributed by atoms with Gasteiger partial charge in [0, 0.05) is 18.6 Å². The Kier molecular flexibility index (Phi) is 6.49. The Hall–Kier alpha value is -1.43. The second-order valence-corrected chi connectivity index (χ2v) is 5.20. The summed E-state index contributed by atoms with van der Waals surface area (Å²) < 4.78 is 1.57. The fourth-order valence-electron chi connectivity index (χ4n) is 1.78. The third-order valence-corrected chi connectivity index (χ3v) is 2.71. The van der Waals surface area contributed by atoms with Gasteiger partial charge in [-0.1, -0.05) is 32.4 Å². The maximum Gasteiger partial charge on any atom is 0.242 e. The maximum absolute atomic E-state index is 11.8. The number of hydrogen-bond donors (Lipinski definition) is 2. The van der Waals surface area contributed by atoms with Crippen molar-refractivity contribution < 1.29 is 4.79 Å². The van der Waals surface area contributed by atoms with E-state index in [1.165, 1.54) is 0 Å². The smallest absolute Gasteiger partial charge is 0.242 e. The van der Waals surface area contributed by atoms with E-state index in [0.717, 1.165) is 18.5 Å². The van der Waals surface area contributed by atoms with Crippen molar-refractivity contribution in [1.82, 2.24) is 25.6 Å². The summed E-state index contributed by atoms with van der Waals surface area (Å²) >= 11 is 0. The van der Waals surface area contributed by atoms with Crippen molar-refractivity contribution in [3.05, 3.63) is 11.9 Å². The topological polar surface area (TPSA) is 71.8 Å². The number of nitrogens with zero attached hydrogens (tertiary/aromatic N) is 3. The molecule has 6 heteroatoms. The van der Waals surface area contributed by atoms with Gasteiger partial charge in [0.2, 0.25) is 5.91 Å². The number of amides is 1. The molecule has 0 radical (unpaired) electrons. The summed E-state index contributed by atoms with van der Waals surface area (Å²) in [7, 11) is 0. The van der Waals surface area contributed by atoms with Gasteiger partial charge in [0.25, 0.3) is 0 Å². The molecule has 0 bridgehead atoms. The Morgan fingerprint density at radius 3 is 2.79 bits per heavy atom. The van der Waals surface area contributed by atoms with Crippen molar-refractivity contribution in [3.63, 3.8) is 0 Å². The lowest BCUT2D eigenvalue weighted by atomic mass is 10.2. The highest BCUT2D eigenvalue weighted by atomic mass is 16.2. The van der Waals surface area contributed by atoms with Crippen LogP contribution in [0.2, 0.25) is 0 Å². The van der Waals surface area contributed by atoms with Crippen LogP contribution in [0.1, 0.15) is 46.2 Å². The molecule has 1 atom stereocenters. The third kappa shape index (κ3) is 6.33. The lowest BCUT2D eigenvalue weighted by Gasteiger charge is -2.12. The summed E-state index contributed by atoms with van der Waals surface area (Å²) in [4.78, 5) is 11.8. The number of aromatic nitrogens is 3. The molecule has 1 amide bonds. The van der Waals surface area contributed by atoms with E-state index in [9.17, 15) is 4.79 Å². The number of nitrogens with one attached hydrogen (secondary N) is 2. The van der Waals surface area contributed by atoms with E-state index in [0.29, 0.717) is 12.6 Å². The molecular weight excluding hydrogens is 242 g/mol. The van der Waals surface area contributed by atoms with Crippen molar-refractivity contribution in [1.29, 1.82) is 0 Å². The highest BCUT2D eigenvalue weighted by Crippen LogP contribution is 1.97. The van der Waals surface area contributed by atoms with Gasteiger partial charge in [-0.2, -0.15) is 0 Å². The number of hydrogen-bond acceptors (Lipinski definition) is 4. The first-order valence-corrected chi connectivity index (χ1v) is 6.93. The van der Waals surface area contributed by atoms with E-state index in [1.807, 2.05) is 6.92 Å². The molecule has 1 rings (SSSR count). The molecule has 0 aliphatic rings. The molecule has 0 saturated heterocycles. The van der Waals surface area contributed by atoms with Crippen LogP contribution < -0.4 is 10.6 Å². The Bertz CT molecular complexity index is 388. The van der Waals surface area contributed by atoms with E-state index in [-0.39, 0.29) is 18.5 Å². The highest BCUT2D eigenvalue weighted by Gasteiger charge is 2.09. The summed E-state index contributed by atoms with van der Waals surface area (Å²) in [6.07, 6.45) is 3.86. The number of rotatable bonds is 8. The molecular formula is C13H25N5O. The molecule has 1 heterocycles. The minimum absolute atomic E-state index is 0.0192. The zero-order valence-corrected chi connectivity index (χ0v) is 12.3. The maximum atomic E-state index is 11.8. The molecule has 108 valence electrons. The lowest BCUT2D eigenvalue weighted by molar-refractivity contribution is -0.122. The molecule has 0 fully saturated rings. The van der Waals surface area contributed by atoms with Gasteiger partial charge in [-0.05, 0) is 13.3 Å². The van der Waals surface area contributed by atoms with E-state index in [1.54, 1.807) is 10.9 Å². The van der Waals surface area contributed by atoms with Crippen LogP contribution in [0.3, 0.4) is 0 Å². The molecule has 2 N–H and O–H groups in total. The average Bonchev–Trinajstić information content (AvgIpc) is 2.74. The molecule has 6 nitrogen and oxygen atoms in total. The predicted molar refractivity (Wildman–Crippen MR) is 74.5 cm³/mol. The monoisotopic (exact) mass is 267 g/mol. The van der Waals surface area contributed by atoms with Crippen LogP contribution in [-0.4, -0.2) is 33.0 Å². The summed E-state index contributed by atoms with van der Waals surface area (Å²) in [5, 5.41) is 14.2. The van der Waals surface area contributed by atoms with Crippen molar-refractivity contribution >= 4 is 5.91 Å². The quantitative estimate of drug-likeness (QED) is 0.739. The molecule has 0 aliphatic heterocycles. The van der Waals surface area contributed by atoms with E-state index >= 15 is 0 Å². The standard InChI is InChI=1S/C13H25N5O/c1-5-6-11(4)15-13(19)9-18-8-12(16-17-18)7-14-10(2)3/h8,10-11,14H,5-7,9H2,1-4H3,(H,15,19). The molecule has 19 heavy (non-hydrogen) atoms. The lowest BCUT2D eigenvalue weighted by Crippen LogP contribution is -2.35. The van der Waals surface area contributed by atoms with Crippen LogP contribution in [0, 0.1) is 0 Å². The van der Waals surface area contributed by atoms with Gasteiger partial charge in [0.15, 0.2) is 0 Å². The zero-order chi connectivity index (χ0) is 14.3. The van der Waals surface area contributed by atoms with Gasteiger partial charge >= 0.3 is 0 Å². The first-order chi connectivity index (χ1) is 9.01. The molecule has 1 aromatic rings. The molecule has 0 saturated carbocycles. The highest BCUT2D eigenvalue weighted by molar-refractivity contribution is 5.75. The Labute approximate surface area is 115 Å².